The molecule has 2 N–H and O–H groups in total. The van der Waals surface area contributed by atoms with Gasteiger partial charge in [0.1, 0.15) is 6.04 Å². The van der Waals surface area contributed by atoms with Gasteiger partial charge in [0.15, 0.2) is 0 Å². The van der Waals surface area contributed by atoms with Gasteiger partial charge >= 0.3 is 0 Å². The number of benzene rings is 2. The summed E-state index contributed by atoms with van der Waals surface area (Å²) >= 11 is 1.44. The quantitative estimate of drug-likeness (QED) is 0.211. The zero-order chi connectivity index (χ0) is 25.1. The predicted molar refractivity (Wildman–Crippen MR) is 136 cm³/mol. The Morgan fingerprint density at radius 3 is 2.67 bits per heavy atom. The number of rotatable bonds is 7. The molecular weight excluding hydrogens is 478 g/mol. The summed E-state index contributed by atoms with van der Waals surface area (Å²) < 4.78 is 1.54. The lowest BCUT2D eigenvalue weighted by Crippen LogP contribution is -2.32. The molecule has 5 rings (SSSR count). The van der Waals surface area contributed by atoms with E-state index in [9.17, 15) is 14.9 Å². The topological polar surface area (TPSA) is 128 Å². The second kappa shape index (κ2) is 10.0. The Hall–Kier alpha value is -4.51. The number of carbonyl (C=O) groups is 1. The largest absolute Gasteiger partial charge is 0.328 e. The van der Waals surface area contributed by atoms with Gasteiger partial charge in [-0.2, -0.15) is 4.98 Å². The summed E-state index contributed by atoms with van der Waals surface area (Å²) in [7, 11) is 0. The summed E-state index contributed by atoms with van der Waals surface area (Å²) in [5.41, 5.74) is 2.68. The number of hydrogen-bond donors (Lipinski definition) is 2. The summed E-state index contributed by atoms with van der Waals surface area (Å²) in [6.45, 7) is 1.74. The van der Waals surface area contributed by atoms with Crippen molar-refractivity contribution in [2.45, 2.75) is 23.9 Å². The van der Waals surface area contributed by atoms with Crippen LogP contribution in [0.25, 0.3) is 0 Å². The Kier molecular flexibility index (Phi) is 6.46. The van der Waals surface area contributed by atoms with Crippen LogP contribution in [0.3, 0.4) is 0 Å². The first kappa shape index (κ1) is 23.2. The average molecular weight is 500 g/mol. The molecule has 2 aromatic heterocycles. The molecule has 2 aromatic carbocycles. The number of allylic oxidation sites excluding steroid dienone is 1. The minimum atomic E-state index is -0.863. The van der Waals surface area contributed by atoms with Crippen molar-refractivity contribution >= 4 is 35.0 Å². The van der Waals surface area contributed by atoms with Crippen LogP contribution < -0.4 is 10.6 Å². The van der Waals surface area contributed by atoms with Gasteiger partial charge in [0.05, 0.1) is 27.9 Å². The van der Waals surface area contributed by atoms with Gasteiger partial charge in [0, 0.05) is 23.7 Å². The van der Waals surface area contributed by atoms with Crippen molar-refractivity contribution in [1.82, 2.24) is 19.7 Å². The van der Waals surface area contributed by atoms with Gasteiger partial charge in [-0.1, -0.05) is 54.2 Å². The molecule has 0 saturated heterocycles. The van der Waals surface area contributed by atoms with Crippen molar-refractivity contribution in [2.75, 3.05) is 10.6 Å². The highest BCUT2D eigenvalue weighted by atomic mass is 32.2. The van der Waals surface area contributed by atoms with Crippen molar-refractivity contribution in [1.29, 1.82) is 0 Å². The monoisotopic (exact) mass is 499 g/mol. The van der Waals surface area contributed by atoms with Gasteiger partial charge in [-0.05, 0) is 30.7 Å². The number of para-hydroxylation sites is 1. The van der Waals surface area contributed by atoms with E-state index in [0.29, 0.717) is 39.4 Å². The van der Waals surface area contributed by atoms with Gasteiger partial charge in [0.2, 0.25) is 11.1 Å². The molecule has 11 heteroatoms. The van der Waals surface area contributed by atoms with Crippen LogP contribution in [-0.2, 0) is 10.5 Å². The number of thioether (sulfide) groups is 1. The minimum Gasteiger partial charge on any atom is -0.328 e. The number of pyridine rings is 1. The van der Waals surface area contributed by atoms with E-state index in [4.69, 9.17) is 0 Å². The fourth-order valence-corrected chi connectivity index (χ4v) is 4.80. The maximum atomic E-state index is 13.5. The first-order valence-electron chi connectivity index (χ1n) is 11.1. The molecule has 0 aliphatic carbocycles. The van der Waals surface area contributed by atoms with E-state index in [-0.39, 0.29) is 5.69 Å². The highest BCUT2D eigenvalue weighted by Gasteiger charge is 2.37. The van der Waals surface area contributed by atoms with Gasteiger partial charge < -0.3 is 10.6 Å². The molecule has 10 nitrogen and oxygen atoms in total. The van der Waals surface area contributed by atoms with E-state index < -0.39 is 16.9 Å². The van der Waals surface area contributed by atoms with Crippen LogP contribution in [0, 0.1) is 10.1 Å². The maximum absolute atomic E-state index is 13.5. The normalized spacial score (nSPS) is 14.6. The minimum absolute atomic E-state index is 0.108. The lowest BCUT2D eigenvalue weighted by molar-refractivity contribution is -0.385. The van der Waals surface area contributed by atoms with Gasteiger partial charge in [-0.15, -0.1) is 5.10 Å². The van der Waals surface area contributed by atoms with Crippen molar-refractivity contribution in [2.24, 2.45) is 0 Å². The van der Waals surface area contributed by atoms with Crippen molar-refractivity contribution in [3.63, 3.8) is 0 Å². The SMILES string of the molecule is CC1=C(C(=O)Nc2cccnc2)[C@H](c2ccccc2[N+](=O)[O-])n2nc(SCc3ccccc3)nc2N1. The average Bonchev–Trinajstić information content (AvgIpc) is 3.30. The van der Waals surface area contributed by atoms with Crippen molar-refractivity contribution < 1.29 is 9.72 Å². The highest BCUT2D eigenvalue weighted by molar-refractivity contribution is 7.98. The van der Waals surface area contributed by atoms with E-state index in [2.05, 4.69) is 25.7 Å². The molecule has 0 fully saturated rings. The molecule has 1 amide bonds. The number of aromatic nitrogens is 4. The van der Waals surface area contributed by atoms with E-state index in [1.165, 1.54) is 24.0 Å². The van der Waals surface area contributed by atoms with Crippen LogP contribution in [-0.4, -0.2) is 30.6 Å². The van der Waals surface area contributed by atoms with E-state index >= 15 is 0 Å². The second-order valence-corrected chi connectivity index (χ2v) is 8.96. The molecule has 3 heterocycles. The summed E-state index contributed by atoms with van der Waals surface area (Å²) in [6.07, 6.45) is 3.14. The van der Waals surface area contributed by atoms with Gasteiger partial charge in [0.25, 0.3) is 11.6 Å². The number of nitrogens with zero attached hydrogens (tertiary/aromatic N) is 5. The predicted octanol–water partition coefficient (Wildman–Crippen LogP) is 4.80. The summed E-state index contributed by atoms with van der Waals surface area (Å²) in [4.78, 5) is 33.6. The lowest BCUT2D eigenvalue weighted by atomic mass is 9.93. The number of amides is 1. The highest BCUT2D eigenvalue weighted by Crippen LogP contribution is 2.40. The third kappa shape index (κ3) is 4.68. The Balaban J connectivity index is 1.55. The Morgan fingerprint density at radius 2 is 1.92 bits per heavy atom. The maximum Gasteiger partial charge on any atom is 0.275 e. The Labute approximate surface area is 210 Å². The van der Waals surface area contributed by atoms with E-state index in [1.807, 2.05) is 30.3 Å². The number of fused-ring (bicyclic) bond motifs is 1. The molecule has 0 saturated carbocycles. The molecular formula is C25H21N7O3S. The molecule has 1 aliphatic heterocycles. The Bertz CT molecular complexity index is 1460. The fourth-order valence-electron chi connectivity index (χ4n) is 4.02. The first-order valence-corrected chi connectivity index (χ1v) is 12.1. The number of hydrogen-bond acceptors (Lipinski definition) is 8. The molecule has 4 aromatic rings. The third-order valence-corrected chi connectivity index (χ3v) is 6.54. The molecule has 36 heavy (non-hydrogen) atoms. The lowest BCUT2D eigenvalue weighted by Gasteiger charge is -2.28. The molecule has 0 unspecified atom stereocenters. The van der Waals surface area contributed by atoms with Crippen LogP contribution in [0.15, 0.2) is 95.6 Å². The van der Waals surface area contributed by atoms with E-state index in [1.54, 1.807) is 48.1 Å². The first-order chi connectivity index (χ1) is 17.5. The van der Waals surface area contributed by atoms with Crippen LogP contribution in [0.5, 0.6) is 0 Å². The van der Waals surface area contributed by atoms with Crippen molar-refractivity contribution in [3.8, 4) is 0 Å². The summed E-state index contributed by atoms with van der Waals surface area (Å²) in [5, 5.41) is 23.0. The number of nitro benzene ring substituents is 1. The van der Waals surface area contributed by atoms with E-state index in [0.717, 1.165) is 5.56 Å². The number of nitrogens with one attached hydrogen (secondary N) is 2. The molecule has 0 radical (unpaired) electrons. The molecule has 1 atom stereocenters. The van der Waals surface area contributed by atoms with Gasteiger partial charge in [-0.25, -0.2) is 4.68 Å². The van der Waals surface area contributed by atoms with Crippen LogP contribution in [0.4, 0.5) is 17.3 Å². The smallest absolute Gasteiger partial charge is 0.275 e. The fraction of sp³-hybridized carbons (Fsp3) is 0.120. The zero-order valence-corrected chi connectivity index (χ0v) is 20.0. The number of nitro groups is 1. The number of carbonyl (C=O) groups excluding carboxylic acids is 1. The molecule has 0 bridgehead atoms. The van der Waals surface area contributed by atoms with Crippen molar-refractivity contribution in [3.05, 3.63) is 112 Å². The zero-order valence-electron chi connectivity index (χ0n) is 19.2. The molecule has 1 aliphatic rings. The summed E-state index contributed by atoms with van der Waals surface area (Å²) in [6, 6.07) is 18.9. The van der Waals surface area contributed by atoms with Gasteiger partial charge in [-0.3, -0.25) is 19.9 Å². The third-order valence-electron chi connectivity index (χ3n) is 5.64. The van der Waals surface area contributed by atoms with Crippen LogP contribution in [0.2, 0.25) is 0 Å². The summed E-state index contributed by atoms with van der Waals surface area (Å²) in [5.74, 6) is 0.640. The van der Waals surface area contributed by atoms with Crippen LogP contribution >= 0.6 is 11.8 Å². The standard InChI is InChI=1S/C25H21N7O3S/c1-16-21(23(33)28-18-10-7-13-26-14-18)22(19-11-5-6-12-20(19)32(34)35)31-24(27-16)29-25(30-31)36-15-17-8-3-2-4-9-17/h2-14,22H,15H2,1H3,(H,28,33)(H,27,29,30)/t22-/m0/s1. The van der Waals surface area contributed by atoms with Crippen LogP contribution in [0.1, 0.15) is 24.1 Å². The molecule has 0 spiro atoms. The number of anilines is 2. The Morgan fingerprint density at radius 1 is 1.14 bits per heavy atom. The second-order valence-electron chi connectivity index (χ2n) is 8.01. The molecule has 180 valence electrons.